The van der Waals surface area contributed by atoms with E-state index in [0.29, 0.717) is 35.8 Å². The van der Waals surface area contributed by atoms with Crippen LogP contribution in [0.4, 0.5) is 14.5 Å². The van der Waals surface area contributed by atoms with Crippen LogP contribution in [0, 0.1) is 11.3 Å². The number of rotatable bonds is 7. The van der Waals surface area contributed by atoms with Gasteiger partial charge in [-0.25, -0.2) is 22.2 Å². The molecule has 11 nitrogen and oxygen atoms in total. The monoisotopic (exact) mass is 564 g/mol. The lowest BCUT2D eigenvalue weighted by Gasteiger charge is -2.38. The molecular weight excluding hydrogens is 538 g/mol. The number of anilines is 1. The van der Waals surface area contributed by atoms with Gasteiger partial charge in [-0.3, -0.25) is 4.40 Å². The average molecular weight is 565 g/mol. The minimum atomic E-state index is -4.17. The fourth-order valence-electron chi connectivity index (χ4n) is 5.06. The number of sulfonamides is 1. The predicted octanol–water partition coefficient (Wildman–Crippen LogP) is 2.43. The molecule has 1 aliphatic carbocycles. The summed E-state index contributed by atoms with van der Waals surface area (Å²) in [5, 5.41) is 20.6. The van der Waals surface area contributed by atoms with Gasteiger partial charge in [0.1, 0.15) is 10.6 Å². The highest BCUT2D eigenvalue weighted by Gasteiger charge is 2.43. The van der Waals surface area contributed by atoms with Crippen LogP contribution in [0.3, 0.4) is 0 Å². The molecule has 2 aliphatic heterocycles. The van der Waals surface area contributed by atoms with Gasteiger partial charge in [-0.15, -0.1) is 10.2 Å². The first-order chi connectivity index (χ1) is 18.1. The molecule has 15 heteroatoms. The minimum absolute atomic E-state index is 0.0476. The second-order valence-electron chi connectivity index (χ2n) is 10.3. The zero-order valence-corrected chi connectivity index (χ0v) is 22.3. The Balaban J connectivity index is 1.57. The topological polar surface area (TPSA) is 138 Å². The Labute approximate surface area is 221 Å². The molecule has 2 N–H and O–H groups in total. The summed E-state index contributed by atoms with van der Waals surface area (Å²) >= 11 is 0.774. The van der Waals surface area contributed by atoms with Gasteiger partial charge in [-0.05, 0) is 32.8 Å². The number of alkyl halides is 2. The maximum Gasteiger partial charge on any atom is 0.291 e. The van der Waals surface area contributed by atoms with Crippen LogP contribution in [0.2, 0.25) is 0 Å². The number of pyridine rings is 1. The van der Waals surface area contributed by atoms with E-state index in [4.69, 9.17) is 9.72 Å². The first kappa shape index (κ1) is 25.5. The molecule has 1 saturated carbocycles. The summed E-state index contributed by atoms with van der Waals surface area (Å²) in [4.78, 5) is 6.96. The van der Waals surface area contributed by atoms with Gasteiger partial charge in [-0.1, -0.05) is 11.3 Å². The molecule has 3 aromatic rings. The molecule has 6 rings (SSSR count). The molecule has 3 aromatic heterocycles. The number of fused-ring (bicyclic) bond motifs is 1. The third-order valence-corrected chi connectivity index (χ3v) is 9.39. The standard InChI is InChI=1S/C23H26F2N8O3S2/c1-12-6-32(7-13(2)27-12)16-5-15(38(34,35)31-23(9-26)10-36-11-23)8-33-18(17(14-3-4-14)28-20(16)33)21-29-30-22(37-21)19(24)25/h5,8,12-14,19,27,31H,3-4,6-7,10-11H2,1-2H3/t12-,13-/m0/s1. The Kier molecular flexibility index (Phi) is 6.15. The van der Waals surface area contributed by atoms with Crippen molar-refractivity contribution in [1.29, 1.82) is 5.26 Å². The van der Waals surface area contributed by atoms with E-state index in [-0.39, 0.29) is 41.1 Å². The Morgan fingerprint density at radius 3 is 2.53 bits per heavy atom. The van der Waals surface area contributed by atoms with E-state index in [1.165, 1.54) is 6.20 Å². The summed E-state index contributed by atoms with van der Waals surface area (Å²) in [6.07, 6.45) is 0.451. The van der Waals surface area contributed by atoms with Crippen LogP contribution in [-0.2, 0) is 14.8 Å². The quantitative estimate of drug-likeness (QED) is 0.443. The molecule has 3 aliphatic rings. The first-order valence-electron chi connectivity index (χ1n) is 12.3. The van der Waals surface area contributed by atoms with Crippen molar-refractivity contribution in [2.24, 2.45) is 0 Å². The van der Waals surface area contributed by atoms with Gasteiger partial charge in [0.25, 0.3) is 6.43 Å². The summed E-state index contributed by atoms with van der Waals surface area (Å²) in [5.74, 6) is 0.129. The molecule has 3 fully saturated rings. The van der Waals surface area contributed by atoms with Crippen LogP contribution in [0.1, 0.15) is 49.7 Å². The van der Waals surface area contributed by atoms with Crippen LogP contribution >= 0.6 is 11.3 Å². The van der Waals surface area contributed by atoms with E-state index in [1.807, 2.05) is 6.07 Å². The number of nitrogens with zero attached hydrogens (tertiary/aromatic N) is 6. The Hall–Kier alpha value is -2.77. The van der Waals surface area contributed by atoms with Gasteiger partial charge >= 0.3 is 0 Å². The molecule has 0 amide bonds. The number of aromatic nitrogens is 4. The van der Waals surface area contributed by atoms with Gasteiger partial charge in [0.2, 0.25) is 10.0 Å². The van der Waals surface area contributed by atoms with Crippen LogP contribution < -0.4 is 14.9 Å². The van der Waals surface area contributed by atoms with E-state index in [1.54, 1.807) is 10.5 Å². The summed E-state index contributed by atoms with van der Waals surface area (Å²) in [5.41, 5.74) is 0.966. The van der Waals surface area contributed by atoms with Gasteiger partial charge in [0, 0.05) is 37.3 Å². The lowest BCUT2D eigenvalue weighted by atomic mass is 10.0. The van der Waals surface area contributed by atoms with Gasteiger partial charge in [-0.2, -0.15) is 9.98 Å². The van der Waals surface area contributed by atoms with Crippen molar-refractivity contribution >= 4 is 32.7 Å². The third kappa shape index (κ3) is 4.43. The Morgan fingerprint density at radius 2 is 1.97 bits per heavy atom. The highest BCUT2D eigenvalue weighted by atomic mass is 32.2. The largest absolute Gasteiger partial charge is 0.375 e. The Morgan fingerprint density at radius 1 is 1.26 bits per heavy atom. The van der Waals surface area contributed by atoms with E-state index in [9.17, 15) is 22.5 Å². The van der Waals surface area contributed by atoms with E-state index >= 15 is 0 Å². The van der Waals surface area contributed by atoms with Crippen LogP contribution in [0.25, 0.3) is 16.3 Å². The van der Waals surface area contributed by atoms with Crippen molar-refractivity contribution in [1.82, 2.24) is 29.6 Å². The summed E-state index contributed by atoms with van der Waals surface area (Å²) in [6, 6.07) is 3.86. The molecule has 0 aromatic carbocycles. The van der Waals surface area contributed by atoms with E-state index in [2.05, 4.69) is 39.0 Å². The van der Waals surface area contributed by atoms with Crippen molar-refractivity contribution in [3.8, 4) is 16.8 Å². The van der Waals surface area contributed by atoms with Gasteiger partial charge in [0.05, 0.1) is 30.7 Å². The highest BCUT2D eigenvalue weighted by molar-refractivity contribution is 7.89. The number of imidazole rings is 1. The number of halogens is 2. The normalized spacial score (nSPS) is 23.5. The highest BCUT2D eigenvalue weighted by Crippen LogP contribution is 2.46. The molecule has 2 saturated heterocycles. The van der Waals surface area contributed by atoms with Crippen LogP contribution in [0.15, 0.2) is 17.2 Å². The second kappa shape index (κ2) is 9.16. The molecule has 0 unspecified atom stereocenters. The van der Waals surface area contributed by atoms with Crippen LogP contribution in [0.5, 0.6) is 0 Å². The van der Waals surface area contributed by atoms with E-state index in [0.717, 1.165) is 24.2 Å². The molecule has 0 spiro atoms. The zero-order valence-electron chi connectivity index (χ0n) is 20.7. The van der Waals surface area contributed by atoms with Crippen molar-refractivity contribution in [3.63, 3.8) is 0 Å². The summed E-state index contributed by atoms with van der Waals surface area (Å²) in [6.45, 7) is 5.23. The minimum Gasteiger partial charge on any atom is -0.375 e. The number of hydrogen-bond acceptors (Lipinski definition) is 10. The number of ether oxygens (including phenoxy) is 1. The summed E-state index contributed by atoms with van der Waals surface area (Å²) in [7, 11) is -4.17. The molecule has 202 valence electrons. The molecule has 0 radical (unpaired) electrons. The number of nitriles is 1. The molecule has 0 bridgehead atoms. The average Bonchev–Trinajstić information content (AvgIpc) is 3.43. The second-order valence-corrected chi connectivity index (χ2v) is 13.0. The summed E-state index contributed by atoms with van der Waals surface area (Å²) < 4.78 is 63.2. The number of piperazine rings is 1. The SMILES string of the molecule is C[C@H]1CN(c2cc(S(=O)(=O)NC3(C#N)COC3)cn3c(-c4nnc(C(F)F)s4)c(C4CC4)nc23)C[C@H](C)N1. The zero-order chi connectivity index (χ0) is 26.8. The first-order valence-corrected chi connectivity index (χ1v) is 14.6. The van der Waals surface area contributed by atoms with Gasteiger partial charge in [0.15, 0.2) is 21.2 Å². The molecule has 2 atom stereocenters. The fraction of sp³-hybridized carbons (Fsp3) is 0.565. The predicted molar refractivity (Wildman–Crippen MR) is 135 cm³/mol. The van der Waals surface area contributed by atoms with Crippen LogP contribution in [-0.4, -0.2) is 71.9 Å². The maximum atomic E-state index is 13.6. The Bertz CT molecular complexity index is 1530. The lowest BCUT2D eigenvalue weighted by molar-refractivity contribution is -0.0324. The van der Waals surface area contributed by atoms with E-state index < -0.39 is 27.0 Å². The molecular formula is C23H26F2N8O3S2. The van der Waals surface area contributed by atoms with Crippen molar-refractivity contribution in [3.05, 3.63) is 23.0 Å². The van der Waals surface area contributed by atoms with Gasteiger partial charge < -0.3 is 15.0 Å². The maximum absolute atomic E-state index is 13.6. The van der Waals surface area contributed by atoms with Crippen molar-refractivity contribution in [2.45, 2.75) is 61.6 Å². The third-order valence-electron chi connectivity index (χ3n) is 6.95. The number of nitrogens with one attached hydrogen (secondary N) is 2. The molecule has 38 heavy (non-hydrogen) atoms. The molecule has 5 heterocycles. The smallest absolute Gasteiger partial charge is 0.291 e. The lowest BCUT2D eigenvalue weighted by Crippen LogP contribution is -2.61. The number of hydrogen-bond donors (Lipinski definition) is 2. The fourth-order valence-corrected chi connectivity index (χ4v) is 7.12. The van der Waals surface area contributed by atoms with Crippen molar-refractivity contribution in [2.75, 3.05) is 31.2 Å². The van der Waals surface area contributed by atoms with Crippen molar-refractivity contribution < 1.29 is 21.9 Å².